The lowest BCUT2D eigenvalue weighted by Crippen LogP contribution is -2.14. The molecule has 28 heavy (non-hydrogen) atoms. The Bertz CT molecular complexity index is 794. The highest BCUT2D eigenvalue weighted by molar-refractivity contribution is 7.99. The first kappa shape index (κ1) is 24.6. The fourth-order valence-corrected chi connectivity index (χ4v) is 3.82. The molecule has 2 atom stereocenters. The molecule has 2 rings (SSSR count). The zero-order valence-electron chi connectivity index (χ0n) is 16.3. The van der Waals surface area contributed by atoms with E-state index in [4.69, 9.17) is 21.7 Å². The normalized spacial score (nSPS) is 13.4. The van der Waals surface area contributed by atoms with E-state index in [2.05, 4.69) is 6.92 Å². The van der Waals surface area contributed by atoms with Crippen LogP contribution in [0.4, 0.5) is 0 Å². The predicted octanol–water partition coefficient (Wildman–Crippen LogP) is 2.26. The lowest BCUT2D eigenvalue weighted by Gasteiger charge is -2.09. The van der Waals surface area contributed by atoms with Crippen molar-refractivity contribution in [1.82, 2.24) is 0 Å². The van der Waals surface area contributed by atoms with Crippen molar-refractivity contribution < 1.29 is 18.6 Å². The van der Waals surface area contributed by atoms with Gasteiger partial charge in [-0.1, -0.05) is 38.1 Å². The maximum Gasteiger partial charge on any atom is 0.178 e. The molecular formula is C20H30N2O4S2. The standard InChI is InChI=1S/C10H15NO3S.C10H15NOS/c1-2-15(13,14)9-5-3-8(4-6-9)10(11)7-12;1-2-13-9-5-3-8(4-6-9)10(11)7-12/h3-6,10,12H,2,7,11H2,1H3;3-6,10,12H,2,7,11H2,1H3/t2*10-/m00/s1. The van der Waals surface area contributed by atoms with E-state index in [0.29, 0.717) is 4.90 Å². The topological polar surface area (TPSA) is 127 Å². The molecule has 0 bridgehead atoms. The number of benzene rings is 2. The first-order chi connectivity index (χ1) is 13.3. The van der Waals surface area contributed by atoms with E-state index >= 15 is 0 Å². The fraction of sp³-hybridized carbons (Fsp3) is 0.400. The Morgan fingerprint density at radius 2 is 1.29 bits per heavy atom. The van der Waals surface area contributed by atoms with Gasteiger partial charge in [-0.3, -0.25) is 0 Å². The van der Waals surface area contributed by atoms with E-state index in [1.807, 2.05) is 24.3 Å². The molecular weight excluding hydrogens is 396 g/mol. The monoisotopic (exact) mass is 426 g/mol. The van der Waals surface area contributed by atoms with Crippen LogP contribution in [0.5, 0.6) is 0 Å². The van der Waals surface area contributed by atoms with Crippen molar-refractivity contribution in [3.8, 4) is 0 Å². The van der Waals surface area contributed by atoms with E-state index in [1.54, 1.807) is 30.8 Å². The molecule has 0 radical (unpaired) electrons. The minimum absolute atomic E-state index is 0.000265. The molecule has 0 spiro atoms. The molecule has 0 fully saturated rings. The first-order valence-electron chi connectivity index (χ1n) is 9.07. The first-order valence-corrected chi connectivity index (χ1v) is 11.7. The largest absolute Gasteiger partial charge is 0.394 e. The number of thioether (sulfide) groups is 1. The molecule has 0 aliphatic rings. The van der Waals surface area contributed by atoms with Gasteiger partial charge in [0.25, 0.3) is 0 Å². The van der Waals surface area contributed by atoms with Crippen molar-refractivity contribution >= 4 is 21.6 Å². The zero-order valence-corrected chi connectivity index (χ0v) is 17.9. The summed E-state index contributed by atoms with van der Waals surface area (Å²) in [7, 11) is -3.15. The summed E-state index contributed by atoms with van der Waals surface area (Å²) in [5.41, 5.74) is 13.0. The van der Waals surface area contributed by atoms with Gasteiger partial charge in [0.15, 0.2) is 9.84 Å². The van der Waals surface area contributed by atoms with Gasteiger partial charge in [-0.2, -0.15) is 0 Å². The van der Waals surface area contributed by atoms with Crippen LogP contribution in [-0.2, 0) is 9.84 Å². The number of hydrogen-bond donors (Lipinski definition) is 4. The average molecular weight is 427 g/mol. The van der Waals surface area contributed by atoms with E-state index in [0.717, 1.165) is 16.9 Å². The quantitative estimate of drug-likeness (QED) is 0.477. The second-order valence-electron chi connectivity index (χ2n) is 6.05. The molecule has 0 heterocycles. The van der Waals surface area contributed by atoms with Gasteiger partial charge >= 0.3 is 0 Å². The highest BCUT2D eigenvalue weighted by Gasteiger charge is 2.12. The van der Waals surface area contributed by atoms with Crippen molar-refractivity contribution in [3.63, 3.8) is 0 Å². The van der Waals surface area contributed by atoms with Gasteiger partial charge in [-0.05, 0) is 41.1 Å². The summed E-state index contributed by atoms with van der Waals surface area (Å²) in [4.78, 5) is 1.54. The number of rotatable bonds is 8. The maximum absolute atomic E-state index is 11.5. The average Bonchev–Trinajstić information content (AvgIpc) is 2.74. The highest BCUT2D eigenvalue weighted by atomic mass is 32.2. The van der Waals surface area contributed by atoms with E-state index in [-0.39, 0.29) is 25.0 Å². The molecule has 2 aromatic carbocycles. The second kappa shape index (κ2) is 12.2. The summed E-state index contributed by atoms with van der Waals surface area (Å²) in [6.07, 6.45) is 0. The van der Waals surface area contributed by atoms with Crippen LogP contribution < -0.4 is 11.5 Å². The number of aliphatic hydroxyl groups is 2. The number of nitrogens with two attached hydrogens (primary N) is 2. The van der Waals surface area contributed by atoms with Gasteiger partial charge in [-0.25, -0.2) is 8.42 Å². The summed E-state index contributed by atoms with van der Waals surface area (Å²) in [6.45, 7) is 3.57. The van der Waals surface area contributed by atoms with Crippen LogP contribution in [0.3, 0.4) is 0 Å². The van der Waals surface area contributed by atoms with E-state index < -0.39 is 15.9 Å². The van der Waals surface area contributed by atoms with Gasteiger partial charge in [-0.15, -0.1) is 11.8 Å². The molecule has 0 saturated heterocycles. The molecule has 0 unspecified atom stereocenters. The molecule has 0 amide bonds. The summed E-state index contributed by atoms with van der Waals surface area (Å²) in [5, 5.41) is 17.7. The third-order valence-corrected chi connectivity index (χ3v) is 6.70. The van der Waals surface area contributed by atoms with Crippen LogP contribution >= 0.6 is 11.8 Å². The van der Waals surface area contributed by atoms with E-state index in [1.165, 1.54) is 17.0 Å². The molecule has 0 saturated carbocycles. The SMILES string of the molecule is CCS(=O)(=O)c1ccc([C@@H](N)CO)cc1.CCSc1ccc([C@@H](N)CO)cc1. The Balaban J connectivity index is 0.000000283. The number of aliphatic hydroxyl groups excluding tert-OH is 2. The Morgan fingerprint density at radius 1 is 0.857 bits per heavy atom. The van der Waals surface area contributed by atoms with Crippen LogP contribution in [-0.4, -0.2) is 43.4 Å². The van der Waals surface area contributed by atoms with Crippen LogP contribution in [0, 0.1) is 0 Å². The summed E-state index contributed by atoms with van der Waals surface area (Å²) in [6, 6.07) is 13.6. The van der Waals surface area contributed by atoms with Crippen LogP contribution in [0.25, 0.3) is 0 Å². The Labute approximate surface area is 171 Å². The molecule has 2 aromatic rings. The van der Waals surface area contributed by atoms with Crippen molar-refractivity contribution in [3.05, 3.63) is 59.7 Å². The van der Waals surface area contributed by atoms with Gasteiger partial charge in [0.05, 0.1) is 35.9 Å². The molecule has 0 aromatic heterocycles. The number of hydrogen-bond acceptors (Lipinski definition) is 7. The minimum atomic E-state index is -3.15. The van der Waals surface area contributed by atoms with Crippen LogP contribution in [0.2, 0.25) is 0 Å². The van der Waals surface area contributed by atoms with Crippen molar-refractivity contribution in [2.75, 3.05) is 24.7 Å². The fourth-order valence-electron chi connectivity index (χ4n) is 2.28. The molecule has 6 nitrogen and oxygen atoms in total. The predicted molar refractivity (Wildman–Crippen MR) is 115 cm³/mol. The van der Waals surface area contributed by atoms with Gasteiger partial charge in [0, 0.05) is 4.90 Å². The van der Waals surface area contributed by atoms with Gasteiger partial charge in [0.2, 0.25) is 0 Å². The van der Waals surface area contributed by atoms with Gasteiger partial charge in [0.1, 0.15) is 0 Å². The Morgan fingerprint density at radius 3 is 1.64 bits per heavy atom. The minimum Gasteiger partial charge on any atom is -0.394 e. The Hall–Kier alpha value is -1.42. The lowest BCUT2D eigenvalue weighted by molar-refractivity contribution is 0.268. The van der Waals surface area contributed by atoms with E-state index in [9.17, 15) is 8.42 Å². The lowest BCUT2D eigenvalue weighted by atomic mass is 10.1. The molecule has 0 aliphatic heterocycles. The van der Waals surface area contributed by atoms with Gasteiger partial charge < -0.3 is 21.7 Å². The number of sulfone groups is 1. The summed E-state index contributed by atoms with van der Waals surface area (Å²) < 4.78 is 22.9. The Kier molecular flexibility index (Phi) is 10.7. The summed E-state index contributed by atoms with van der Waals surface area (Å²) in [5.74, 6) is 1.16. The molecule has 8 heteroatoms. The zero-order chi connectivity index (χ0) is 21.2. The van der Waals surface area contributed by atoms with Crippen LogP contribution in [0.1, 0.15) is 37.1 Å². The molecule has 6 N–H and O–H groups in total. The third kappa shape index (κ3) is 7.54. The highest BCUT2D eigenvalue weighted by Crippen LogP contribution is 2.19. The van der Waals surface area contributed by atoms with Crippen molar-refractivity contribution in [1.29, 1.82) is 0 Å². The molecule has 0 aliphatic carbocycles. The van der Waals surface area contributed by atoms with Crippen molar-refractivity contribution in [2.45, 2.75) is 35.7 Å². The summed E-state index contributed by atoms with van der Waals surface area (Å²) >= 11 is 1.80. The third-order valence-electron chi connectivity index (χ3n) is 4.06. The maximum atomic E-state index is 11.5. The second-order valence-corrected chi connectivity index (χ2v) is 9.67. The molecule has 156 valence electrons. The smallest absolute Gasteiger partial charge is 0.178 e. The van der Waals surface area contributed by atoms with Crippen LogP contribution in [0.15, 0.2) is 58.3 Å². The van der Waals surface area contributed by atoms with Crippen molar-refractivity contribution in [2.24, 2.45) is 11.5 Å².